The molecule has 0 saturated carbocycles. The van der Waals surface area contributed by atoms with E-state index in [4.69, 9.17) is 0 Å². The maximum absolute atomic E-state index is 13.1. The van der Waals surface area contributed by atoms with E-state index in [0.717, 1.165) is 29.7 Å². The number of nitrogens with zero attached hydrogens (tertiary/aromatic N) is 2. The Balaban J connectivity index is 1.84. The molecule has 1 aromatic carbocycles. The van der Waals surface area contributed by atoms with Crippen LogP contribution in [0.5, 0.6) is 0 Å². The highest BCUT2D eigenvalue weighted by atomic mass is 32.1. The van der Waals surface area contributed by atoms with Crippen molar-refractivity contribution in [1.82, 2.24) is 9.66 Å². The van der Waals surface area contributed by atoms with Crippen LogP contribution in [0.1, 0.15) is 46.4 Å². The van der Waals surface area contributed by atoms with E-state index in [1.807, 2.05) is 13.0 Å². The molecular weight excluding hydrogens is 334 g/mol. The molecule has 1 N–H and O–H groups in total. The van der Waals surface area contributed by atoms with Crippen molar-refractivity contribution in [2.75, 3.05) is 5.43 Å². The van der Waals surface area contributed by atoms with Gasteiger partial charge >= 0.3 is 0 Å². The molecule has 1 aliphatic carbocycles. The SMILES string of the molecule is CCc1nc2sc3c(c2c(=O)n1NC(=O)c1ccccc1)CCCC3. The number of fused-ring (bicyclic) bond motifs is 3. The first-order chi connectivity index (χ1) is 12.2. The number of hydrogen-bond acceptors (Lipinski definition) is 4. The van der Waals surface area contributed by atoms with E-state index < -0.39 is 0 Å². The second-order valence-corrected chi connectivity index (χ2v) is 7.30. The smallest absolute Gasteiger partial charge is 0.267 e. The van der Waals surface area contributed by atoms with E-state index in [1.165, 1.54) is 16.0 Å². The molecule has 0 saturated heterocycles. The van der Waals surface area contributed by atoms with Crippen molar-refractivity contribution in [2.45, 2.75) is 39.0 Å². The van der Waals surface area contributed by atoms with Crippen LogP contribution in [-0.2, 0) is 19.3 Å². The molecule has 3 aromatic rings. The number of hydrogen-bond donors (Lipinski definition) is 1. The normalized spacial score (nSPS) is 13.6. The fourth-order valence-electron chi connectivity index (χ4n) is 3.36. The van der Waals surface area contributed by atoms with Gasteiger partial charge in [-0.05, 0) is 43.4 Å². The highest BCUT2D eigenvalue weighted by molar-refractivity contribution is 7.18. The Morgan fingerprint density at radius 1 is 1.24 bits per heavy atom. The molecule has 4 rings (SSSR count). The van der Waals surface area contributed by atoms with Crippen LogP contribution in [0.4, 0.5) is 0 Å². The van der Waals surface area contributed by atoms with Crippen LogP contribution < -0.4 is 11.0 Å². The van der Waals surface area contributed by atoms with E-state index in [2.05, 4.69) is 10.4 Å². The monoisotopic (exact) mass is 353 g/mol. The average Bonchev–Trinajstić information content (AvgIpc) is 3.03. The van der Waals surface area contributed by atoms with Gasteiger partial charge in [0.1, 0.15) is 10.7 Å². The van der Waals surface area contributed by atoms with Gasteiger partial charge in [0.2, 0.25) is 0 Å². The van der Waals surface area contributed by atoms with Crippen molar-refractivity contribution in [1.29, 1.82) is 0 Å². The van der Waals surface area contributed by atoms with E-state index in [1.54, 1.807) is 35.6 Å². The molecule has 0 fully saturated rings. The summed E-state index contributed by atoms with van der Waals surface area (Å²) in [5.41, 5.74) is 4.23. The van der Waals surface area contributed by atoms with Crippen LogP contribution >= 0.6 is 11.3 Å². The minimum atomic E-state index is -0.303. The predicted molar refractivity (Wildman–Crippen MR) is 100 cm³/mol. The molecule has 0 spiro atoms. The molecule has 6 heteroatoms. The molecule has 0 unspecified atom stereocenters. The Hall–Kier alpha value is -2.47. The molecule has 0 radical (unpaired) electrons. The number of rotatable bonds is 3. The van der Waals surface area contributed by atoms with Gasteiger partial charge in [0.25, 0.3) is 11.5 Å². The second kappa shape index (κ2) is 6.44. The van der Waals surface area contributed by atoms with Crippen LogP contribution in [-0.4, -0.2) is 15.6 Å². The summed E-state index contributed by atoms with van der Waals surface area (Å²) in [7, 11) is 0. The maximum atomic E-state index is 13.1. The highest BCUT2D eigenvalue weighted by Crippen LogP contribution is 2.33. The molecular formula is C19H19N3O2S. The fraction of sp³-hybridized carbons (Fsp3) is 0.316. The summed E-state index contributed by atoms with van der Waals surface area (Å²) in [6, 6.07) is 8.91. The van der Waals surface area contributed by atoms with Gasteiger partial charge < -0.3 is 0 Å². The first-order valence-corrected chi connectivity index (χ1v) is 9.43. The van der Waals surface area contributed by atoms with Crippen molar-refractivity contribution in [2.24, 2.45) is 0 Å². The van der Waals surface area contributed by atoms with Crippen molar-refractivity contribution in [3.63, 3.8) is 0 Å². The van der Waals surface area contributed by atoms with Gasteiger partial charge in [-0.1, -0.05) is 25.1 Å². The van der Waals surface area contributed by atoms with Crippen molar-refractivity contribution in [3.8, 4) is 0 Å². The maximum Gasteiger partial charge on any atom is 0.281 e. The zero-order chi connectivity index (χ0) is 17.4. The van der Waals surface area contributed by atoms with Gasteiger partial charge in [0.05, 0.1) is 5.39 Å². The lowest BCUT2D eigenvalue weighted by Crippen LogP contribution is -2.36. The van der Waals surface area contributed by atoms with E-state index in [-0.39, 0.29) is 11.5 Å². The number of thiophene rings is 1. The largest absolute Gasteiger partial charge is 0.281 e. The third kappa shape index (κ3) is 2.76. The van der Waals surface area contributed by atoms with Crippen LogP contribution in [0, 0.1) is 0 Å². The minimum Gasteiger partial charge on any atom is -0.267 e. The number of nitrogens with one attached hydrogen (secondary N) is 1. The number of benzene rings is 1. The molecule has 25 heavy (non-hydrogen) atoms. The standard InChI is InChI=1S/C19H19N3O2S/c1-2-15-20-18-16(13-10-6-7-11-14(13)25-18)19(24)22(15)21-17(23)12-8-4-3-5-9-12/h3-5,8-9H,2,6-7,10-11H2,1H3,(H,21,23). The first-order valence-electron chi connectivity index (χ1n) is 8.61. The summed E-state index contributed by atoms with van der Waals surface area (Å²) in [6.45, 7) is 1.94. The molecule has 128 valence electrons. The lowest BCUT2D eigenvalue weighted by molar-refractivity contribution is 0.101. The van der Waals surface area contributed by atoms with E-state index in [9.17, 15) is 9.59 Å². The van der Waals surface area contributed by atoms with Crippen LogP contribution in [0.2, 0.25) is 0 Å². The van der Waals surface area contributed by atoms with Gasteiger partial charge in [0.15, 0.2) is 0 Å². The summed E-state index contributed by atoms with van der Waals surface area (Å²) in [5.74, 6) is 0.281. The van der Waals surface area contributed by atoms with Gasteiger partial charge in [-0.2, -0.15) is 0 Å². The third-order valence-electron chi connectivity index (χ3n) is 4.62. The van der Waals surface area contributed by atoms with Crippen LogP contribution in [0.25, 0.3) is 10.2 Å². The Kier molecular flexibility index (Phi) is 4.13. The van der Waals surface area contributed by atoms with Gasteiger partial charge in [-0.15, -0.1) is 11.3 Å². The van der Waals surface area contributed by atoms with Gasteiger partial charge in [0, 0.05) is 16.9 Å². The summed E-state index contributed by atoms with van der Waals surface area (Å²) in [6.07, 6.45) is 4.78. The van der Waals surface area contributed by atoms with E-state index >= 15 is 0 Å². The zero-order valence-electron chi connectivity index (χ0n) is 14.0. The zero-order valence-corrected chi connectivity index (χ0v) is 14.9. The van der Waals surface area contributed by atoms with Crippen molar-refractivity contribution < 1.29 is 4.79 Å². The Labute approximate surface area is 149 Å². The summed E-state index contributed by atoms with van der Waals surface area (Å²) in [4.78, 5) is 32.4. The molecule has 1 aliphatic rings. The molecule has 2 heterocycles. The Morgan fingerprint density at radius 2 is 2.00 bits per heavy atom. The molecule has 0 bridgehead atoms. The molecule has 1 amide bonds. The number of aryl methyl sites for hydroxylation is 3. The summed E-state index contributed by atoms with van der Waals surface area (Å²) >= 11 is 1.63. The average molecular weight is 353 g/mol. The van der Waals surface area contributed by atoms with Crippen molar-refractivity contribution >= 4 is 27.5 Å². The Bertz CT molecular complexity index is 1000. The van der Waals surface area contributed by atoms with Crippen LogP contribution in [0.15, 0.2) is 35.1 Å². The van der Waals surface area contributed by atoms with E-state index in [0.29, 0.717) is 23.2 Å². The van der Waals surface area contributed by atoms with Crippen molar-refractivity contribution in [3.05, 3.63) is 62.5 Å². The third-order valence-corrected chi connectivity index (χ3v) is 5.81. The first kappa shape index (κ1) is 16.0. The minimum absolute atomic E-state index is 0.162. The topological polar surface area (TPSA) is 64.0 Å². The number of amides is 1. The lowest BCUT2D eigenvalue weighted by Gasteiger charge is -2.14. The van der Waals surface area contributed by atoms with Gasteiger partial charge in [-0.3, -0.25) is 15.0 Å². The highest BCUT2D eigenvalue weighted by Gasteiger charge is 2.22. The van der Waals surface area contributed by atoms with Gasteiger partial charge in [-0.25, -0.2) is 9.66 Å². The number of aromatic nitrogens is 2. The fourth-order valence-corrected chi connectivity index (χ4v) is 4.63. The molecule has 2 aromatic heterocycles. The molecule has 0 atom stereocenters. The quantitative estimate of drug-likeness (QED) is 0.786. The summed E-state index contributed by atoms with van der Waals surface area (Å²) in [5, 5.41) is 0.685. The molecule has 0 aliphatic heterocycles. The number of carbonyl (C=O) groups excluding carboxylic acids is 1. The van der Waals surface area contributed by atoms with Crippen LogP contribution in [0.3, 0.4) is 0 Å². The second-order valence-electron chi connectivity index (χ2n) is 6.22. The molecule has 5 nitrogen and oxygen atoms in total. The Morgan fingerprint density at radius 3 is 2.76 bits per heavy atom. The lowest BCUT2D eigenvalue weighted by atomic mass is 9.97. The predicted octanol–water partition coefficient (Wildman–Crippen LogP) is 3.28. The summed E-state index contributed by atoms with van der Waals surface area (Å²) < 4.78 is 1.33. The number of carbonyl (C=O) groups is 1.